The summed E-state index contributed by atoms with van der Waals surface area (Å²) in [5, 5.41) is 29.1. The predicted octanol–water partition coefficient (Wildman–Crippen LogP) is -1.01. The highest BCUT2D eigenvalue weighted by Gasteiger charge is 2.45. The number of hydrogen-bond acceptors (Lipinski definition) is 8. The van der Waals surface area contributed by atoms with Gasteiger partial charge in [0.15, 0.2) is 0 Å². The van der Waals surface area contributed by atoms with Gasteiger partial charge in [-0.15, -0.1) is 0 Å². The lowest BCUT2D eigenvalue weighted by Gasteiger charge is -2.36. The lowest BCUT2D eigenvalue weighted by Crippen LogP contribution is -2.58. The van der Waals surface area contributed by atoms with Crippen LogP contribution in [0.4, 0.5) is 5.69 Å². The molecule has 3 heterocycles. The molecule has 1 aromatic carbocycles. The van der Waals surface area contributed by atoms with Crippen LogP contribution in [0.1, 0.15) is 33.6 Å². The van der Waals surface area contributed by atoms with Gasteiger partial charge in [-0.2, -0.15) is 0 Å². The first-order valence-corrected chi connectivity index (χ1v) is 9.86. The Bertz CT molecular complexity index is 752. The number of nitrogens with one attached hydrogen (secondary N) is 3. The molecule has 2 fully saturated rings. The van der Waals surface area contributed by atoms with Crippen LogP contribution in [-0.4, -0.2) is 89.6 Å². The molecule has 3 aliphatic heterocycles. The van der Waals surface area contributed by atoms with Crippen molar-refractivity contribution in [1.82, 2.24) is 20.4 Å². The molecule has 0 spiro atoms. The van der Waals surface area contributed by atoms with Gasteiger partial charge < -0.3 is 20.8 Å². The minimum Gasteiger partial charge on any atom is -0.383 e. The average Bonchev–Trinajstić information content (AvgIpc) is 2.94. The minimum atomic E-state index is -1.14. The van der Waals surface area contributed by atoms with Gasteiger partial charge in [0.2, 0.25) is 0 Å². The molecule has 5 N–H and O–H groups in total. The number of amides is 2. The second kappa shape index (κ2) is 8.14. The van der Waals surface area contributed by atoms with Gasteiger partial charge in [0.1, 0.15) is 12.5 Å². The Hall–Kier alpha value is -2.04. The number of piperazine rings is 1. The Kier molecular flexibility index (Phi) is 5.61. The zero-order chi connectivity index (χ0) is 19.7. The molecule has 4 rings (SSSR count). The summed E-state index contributed by atoms with van der Waals surface area (Å²) in [6.07, 6.45) is -1.25. The maximum absolute atomic E-state index is 13.1. The standard InChI is InChI=1S/C19H27N5O4/c25-15-5-4-14(17(26)22-15)24-18(27)12-2-1-3-13(16(12)19(24)28)21-8-11-23-9-6-20-7-10-23/h1-3,14-15,17,20-22,25-26H,4-11H2. The molecule has 1 aromatic rings. The fourth-order valence-electron chi connectivity index (χ4n) is 4.18. The summed E-state index contributed by atoms with van der Waals surface area (Å²) >= 11 is 0. The number of carbonyl (C=O) groups is 2. The number of imide groups is 1. The number of piperidine rings is 1. The van der Waals surface area contributed by atoms with Crippen molar-refractivity contribution in [3.63, 3.8) is 0 Å². The van der Waals surface area contributed by atoms with E-state index in [0.29, 0.717) is 36.2 Å². The van der Waals surface area contributed by atoms with Gasteiger partial charge in [-0.1, -0.05) is 6.07 Å². The molecule has 0 bridgehead atoms. The molecule has 3 aliphatic rings. The number of aliphatic hydroxyl groups excluding tert-OH is 2. The van der Waals surface area contributed by atoms with Crippen LogP contribution in [0.15, 0.2) is 18.2 Å². The second-order valence-electron chi connectivity index (χ2n) is 7.50. The van der Waals surface area contributed by atoms with Crippen LogP contribution in [0.3, 0.4) is 0 Å². The Morgan fingerprint density at radius 3 is 2.64 bits per heavy atom. The van der Waals surface area contributed by atoms with Gasteiger partial charge >= 0.3 is 0 Å². The van der Waals surface area contributed by atoms with Crippen molar-refractivity contribution >= 4 is 17.5 Å². The molecule has 0 aliphatic carbocycles. The highest BCUT2D eigenvalue weighted by molar-refractivity contribution is 6.24. The summed E-state index contributed by atoms with van der Waals surface area (Å²) in [5.74, 6) is -0.791. The van der Waals surface area contributed by atoms with Gasteiger partial charge in [-0.25, -0.2) is 0 Å². The van der Waals surface area contributed by atoms with E-state index in [0.717, 1.165) is 37.6 Å². The SMILES string of the molecule is O=C1c2cccc(NCCN3CCNCC3)c2C(=O)N1C1CCC(O)NC1O. The largest absolute Gasteiger partial charge is 0.383 e. The average molecular weight is 389 g/mol. The van der Waals surface area contributed by atoms with E-state index < -0.39 is 30.3 Å². The molecule has 9 heteroatoms. The Labute approximate surface area is 163 Å². The van der Waals surface area contributed by atoms with Crippen molar-refractivity contribution in [2.45, 2.75) is 31.3 Å². The molecule has 2 saturated heterocycles. The number of rotatable bonds is 5. The number of fused-ring (bicyclic) bond motifs is 1. The van der Waals surface area contributed by atoms with E-state index >= 15 is 0 Å². The van der Waals surface area contributed by atoms with Gasteiger partial charge in [0, 0.05) is 45.0 Å². The number of aliphatic hydroxyl groups is 2. The third-order valence-corrected chi connectivity index (χ3v) is 5.69. The van der Waals surface area contributed by atoms with E-state index in [-0.39, 0.29) is 0 Å². The number of carbonyl (C=O) groups excluding carboxylic acids is 2. The zero-order valence-electron chi connectivity index (χ0n) is 15.7. The zero-order valence-corrected chi connectivity index (χ0v) is 15.7. The van der Waals surface area contributed by atoms with E-state index in [9.17, 15) is 19.8 Å². The summed E-state index contributed by atoms with van der Waals surface area (Å²) < 4.78 is 0. The fourth-order valence-corrected chi connectivity index (χ4v) is 4.18. The first-order chi connectivity index (χ1) is 13.6. The quantitative estimate of drug-likeness (QED) is 0.407. The van der Waals surface area contributed by atoms with E-state index in [4.69, 9.17) is 0 Å². The molecule has 28 heavy (non-hydrogen) atoms. The van der Waals surface area contributed by atoms with Crippen LogP contribution in [0, 0.1) is 0 Å². The highest BCUT2D eigenvalue weighted by Crippen LogP contribution is 2.33. The van der Waals surface area contributed by atoms with Crippen molar-refractivity contribution in [3.8, 4) is 0 Å². The predicted molar refractivity (Wildman–Crippen MR) is 103 cm³/mol. The third kappa shape index (κ3) is 3.63. The van der Waals surface area contributed by atoms with Crippen LogP contribution in [-0.2, 0) is 0 Å². The number of anilines is 1. The summed E-state index contributed by atoms with van der Waals surface area (Å²) in [6, 6.07) is 4.53. The Morgan fingerprint density at radius 1 is 1.11 bits per heavy atom. The maximum atomic E-state index is 13.1. The van der Waals surface area contributed by atoms with Gasteiger partial charge in [0.05, 0.1) is 17.2 Å². The summed E-state index contributed by atoms with van der Waals surface area (Å²) in [7, 11) is 0. The van der Waals surface area contributed by atoms with Crippen LogP contribution < -0.4 is 16.0 Å². The van der Waals surface area contributed by atoms with Gasteiger partial charge in [-0.05, 0) is 25.0 Å². The molecule has 0 saturated carbocycles. The summed E-state index contributed by atoms with van der Waals surface area (Å²) in [5.41, 5.74) is 1.37. The van der Waals surface area contributed by atoms with Crippen LogP contribution in [0.25, 0.3) is 0 Å². The first kappa shape index (κ1) is 19.3. The monoisotopic (exact) mass is 389 g/mol. The summed E-state index contributed by atoms with van der Waals surface area (Å²) in [4.78, 5) is 29.4. The smallest absolute Gasteiger partial charge is 0.264 e. The van der Waals surface area contributed by atoms with E-state index in [1.807, 2.05) is 6.07 Å². The van der Waals surface area contributed by atoms with Crippen molar-refractivity contribution < 1.29 is 19.8 Å². The molecule has 2 amide bonds. The maximum Gasteiger partial charge on any atom is 0.264 e. The topological polar surface area (TPSA) is 117 Å². The lowest BCUT2D eigenvalue weighted by atomic mass is 10.0. The fraction of sp³-hybridized carbons (Fsp3) is 0.579. The molecule has 0 aromatic heterocycles. The minimum absolute atomic E-state index is 0.354. The molecular formula is C19H27N5O4. The van der Waals surface area contributed by atoms with Gasteiger partial charge in [0.25, 0.3) is 11.8 Å². The van der Waals surface area contributed by atoms with Crippen LogP contribution >= 0.6 is 0 Å². The number of hydrogen-bond donors (Lipinski definition) is 5. The Balaban J connectivity index is 1.48. The van der Waals surface area contributed by atoms with Gasteiger partial charge in [-0.3, -0.25) is 24.7 Å². The molecule has 9 nitrogen and oxygen atoms in total. The van der Waals surface area contributed by atoms with Crippen molar-refractivity contribution in [2.75, 3.05) is 44.6 Å². The Morgan fingerprint density at radius 2 is 1.89 bits per heavy atom. The third-order valence-electron chi connectivity index (χ3n) is 5.69. The van der Waals surface area contributed by atoms with Crippen LogP contribution in [0.5, 0.6) is 0 Å². The molecular weight excluding hydrogens is 362 g/mol. The van der Waals surface area contributed by atoms with Crippen LogP contribution in [0.2, 0.25) is 0 Å². The van der Waals surface area contributed by atoms with Crippen molar-refractivity contribution in [1.29, 1.82) is 0 Å². The normalized spacial score (nSPS) is 28.5. The molecule has 3 unspecified atom stereocenters. The van der Waals surface area contributed by atoms with E-state index in [1.54, 1.807) is 12.1 Å². The van der Waals surface area contributed by atoms with E-state index in [2.05, 4.69) is 20.9 Å². The second-order valence-corrected chi connectivity index (χ2v) is 7.50. The van der Waals surface area contributed by atoms with Crippen molar-refractivity contribution in [2.24, 2.45) is 0 Å². The van der Waals surface area contributed by atoms with Crippen molar-refractivity contribution in [3.05, 3.63) is 29.3 Å². The number of benzene rings is 1. The first-order valence-electron chi connectivity index (χ1n) is 9.86. The molecule has 3 atom stereocenters. The molecule has 152 valence electrons. The summed E-state index contributed by atoms with van der Waals surface area (Å²) in [6.45, 7) is 5.50. The number of nitrogens with zero attached hydrogens (tertiary/aromatic N) is 2. The van der Waals surface area contributed by atoms with E-state index in [1.165, 1.54) is 0 Å². The molecule has 0 radical (unpaired) electrons. The highest BCUT2D eigenvalue weighted by atomic mass is 16.3. The lowest BCUT2D eigenvalue weighted by molar-refractivity contribution is -0.0413.